The van der Waals surface area contributed by atoms with E-state index >= 15 is 0 Å². The number of anilines is 1. The molecule has 0 aliphatic rings. The monoisotopic (exact) mass is 292 g/mol. The van der Waals surface area contributed by atoms with Crippen molar-refractivity contribution < 1.29 is 4.79 Å². The topological polar surface area (TPSA) is 96.5 Å². The first-order chi connectivity index (χ1) is 9.60. The Hall–Kier alpha value is -1.96. The number of carbonyl (C=O) groups is 1. The number of hydrogen-bond acceptors (Lipinski definition) is 6. The van der Waals surface area contributed by atoms with E-state index in [1.54, 1.807) is 0 Å². The quantitative estimate of drug-likeness (QED) is 0.640. The van der Waals surface area contributed by atoms with E-state index in [-0.39, 0.29) is 5.91 Å². The predicted molar refractivity (Wildman–Crippen MR) is 76.6 cm³/mol. The molecule has 0 atom stereocenters. The fraction of sp³-hybridized carbons (Fsp3) is 0.417. The normalized spacial score (nSPS) is 10.6. The van der Waals surface area contributed by atoms with Crippen LogP contribution in [0, 0.1) is 13.8 Å². The van der Waals surface area contributed by atoms with Gasteiger partial charge in [0.05, 0.1) is 0 Å². The van der Waals surface area contributed by atoms with Gasteiger partial charge in [-0.2, -0.15) is 10.1 Å². The Labute approximate surface area is 121 Å². The van der Waals surface area contributed by atoms with Gasteiger partial charge in [-0.25, -0.2) is 15.1 Å². The molecule has 2 N–H and O–H groups in total. The van der Waals surface area contributed by atoms with Gasteiger partial charge in [-0.3, -0.25) is 10.1 Å². The van der Waals surface area contributed by atoms with Gasteiger partial charge in [0.25, 0.3) is 0 Å². The van der Waals surface area contributed by atoms with Crippen molar-refractivity contribution in [3.63, 3.8) is 0 Å². The molecule has 20 heavy (non-hydrogen) atoms. The van der Waals surface area contributed by atoms with Crippen LogP contribution in [0.1, 0.15) is 23.4 Å². The summed E-state index contributed by atoms with van der Waals surface area (Å²) in [5.74, 6) is 0.243. The van der Waals surface area contributed by atoms with Gasteiger partial charge in [-0.1, -0.05) is 11.8 Å². The second kappa shape index (κ2) is 6.47. The van der Waals surface area contributed by atoms with Crippen LogP contribution in [-0.4, -0.2) is 37.3 Å². The lowest BCUT2D eigenvalue weighted by atomic mass is 10.1. The third-order valence-corrected chi connectivity index (χ3v) is 3.41. The van der Waals surface area contributed by atoms with E-state index in [2.05, 4.69) is 30.5 Å². The summed E-state index contributed by atoms with van der Waals surface area (Å²) < 4.78 is 0. The molecule has 0 saturated heterocycles. The Morgan fingerprint density at radius 2 is 2.05 bits per heavy atom. The first kappa shape index (κ1) is 14.4. The zero-order chi connectivity index (χ0) is 14.5. The van der Waals surface area contributed by atoms with Crippen LogP contribution in [-0.2, 0) is 11.2 Å². The highest BCUT2D eigenvalue weighted by atomic mass is 32.2. The summed E-state index contributed by atoms with van der Waals surface area (Å²) in [5.41, 5.74) is 2.87. The van der Waals surface area contributed by atoms with E-state index in [9.17, 15) is 4.79 Å². The van der Waals surface area contributed by atoms with Gasteiger partial charge in [-0.05, 0) is 32.1 Å². The molecule has 2 aromatic rings. The van der Waals surface area contributed by atoms with Crippen molar-refractivity contribution in [2.45, 2.75) is 31.8 Å². The number of nitrogens with zero attached hydrogens (tertiary/aromatic N) is 4. The van der Waals surface area contributed by atoms with E-state index in [0.29, 0.717) is 18.8 Å². The van der Waals surface area contributed by atoms with Crippen molar-refractivity contribution in [3.05, 3.63) is 23.3 Å². The first-order valence-corrected chi connectivity index (χ1v) is 7.36. The van der Waals surface area contributed by atoms with Crippen LogP contribution in [0.4, 0.5) is 5.95 Å². The van der Waals surface area contributed by atoms with Crippen LogP contribution < -0.4 is 5.32 Å². The van der Waals surface area contributed by atoms with Gasteiger partial charge in [0, 0.05) is 17.8 Å². The molecule has 0 fully saturated rings. The van der Waals surface area contributed by atoms with E-state index in [1.165, 1.54) is 18.1 Å². The minimum absolute atomic E-state index is 0.116. The number of carbonyl (C=O) groups excluding carboxylic acids is 1. The Kier molecular flexibility index (Phi) is 4.67. The van der Waals surface area contributed by atoms with Crippen molar-refractivity contribution in [2.75, 3.05) is 11.6 Å². The van der Waals surface area contributed by atoms with Crippen molar-refractivity contribution in [3.8, 4) is 0 Å². The molecule has 0 unspecified atom stereocenters. The highest BCUT2D eigenvalue weighted by molar-refractivity contribution is 7.98. The van der Waals surface area contributed by atoms with Gasteiger partial charge < -0.3 is 0 Å². The molecule has 0 aromatic carbocycles. The molecule has 0 aliphatic carbocycles. The zero-order valence-corrected chi connectivity index (χ0v) is 12.4. The van der Waals surface area contributed by atoms with Crippen LogP contribution in [0.2, 0.25) is 0 Å². The summed E-state index contributed by atoms with van der Waals surface area (Å²) in [5, 5.41) is 9.65. The van der Waals surface area contributed by atoms with Gasteiger partial charge in [0.15, 0.2) is 5.16 Å². The summed E-state index contributed by atoms with van der Waals surface area (Å²) >= 11 is 1.51. The third kappa shape index (κ3) is 3.53. The Balaban J connectivity index is 1.98. The molecule has 2 rings (SSSR count). The van der Waals surface area contributed by atoms with Crippen molar-refractivity contribution in [1.82, 2.24) is 25.1 Å². The maximum Gasteiger partial charge on any atom is 0.227 e. The van der Waals surface area contributed by atoms with Gasteiger partial charge in [0.1, 0.15) is 6.33 Å². The Morgan fingerprint density at radius 1 is 1.35 bits per heavy atom. The van der Waals surface area contributed by atoms with E-state index in [4.69, 9.17) is 0 Å². The lowest BCUT2D eigenvalue weighted by Crippen LogP contribution is -2.14. The van der Waals surface area contributed by atoms with Crippen LogP contribution in [0.25, 0.3) is 0 Å². The largest absolute Gasteiger partial charge is 0.295 e. The lowest BCUT2D eigenvalue weighted by Gasteiger charge is -2.09. The molecule has 7 nitrogen and oxygen atoms in total. The molecule has 106 valence electrons. The molecular formula is C12H16N6OS. The fourth-order valence-electron chi connectivity index (χ4n) is 1.86. The predicted octanol–water partition coefficient (Wildman–Crippen LogP) is 1.50. The second-order valence-corrected chi connectivity index (χ2v) is 5.02. The maximum atomic E-state index is 11.8. The molecule has 1 amide bonds. The van der Waals surface area contributed by atoms with Gasteiger partial charge in [-0.15, -0.1) is 0 Å². The minimum atomic E-state index is -0.116. The highest BCUT2D eigenvalue weighted by Gasteiger charge is 2.11. The molecule has 2 aromatic heterocycles. The number of aromatic nitrogens is 5. The summed E-state index contributed by atoms with van der Waals surface area (Å²) in [4.78, 5) is 24.4. The Morgan fingerprint density at radius 3 is 2.60 bits per heavy atom. The maximum absolute atomic E-state index is 11.8. The standard InChI is InChI=1S/C12H16N6OS/c1-7-9(8(2)16-12(15-7)20-3)4-5-10(19)17-11-13-6-14-18-11/h6H,4-5H2,1-3H3,(H2,13,14,17,18,19). The number of thioether (sulfide) groups is 1. The number of H-pyrrole nitrogens is 1. The summed E-state index contributed by atoms with van der Waals surface area (Å²) in [7, 11) is 0. The average molecular weight is 292 g/mol. The number of rotatable bonds is 5. The van der Waals surface area contributed by atoms with Crippen molar-refractivity contribution >= 4 is 23.6 Å². The van der Waals surface area contributed by atoms with Crippen LogP contribution in [0.3, 0.4) is 0 Å². The molecule has 0 radical (unpaired) electrons. The molecule has 0 bridgehead atoms. The van der Waals surface area contributed by atoms with Crippen molar-refractivity contribution in [2.24, 2.45) is 0 Å². The van der Waals surface area contributed by atoms with E-state index in [0.717, 1.165) is 22.1 Å². The zero-order valence-electron chi connectivity index (χ0n) is 11.6. The molecule has 0 spiro atoms. The average Bonchev–Trinajstić information content (AvgIpc) is 2.90. The third-order valence-electron chi connectivity index (χ3n) is 2.86. The number of aromatic amines is 1. The number of hydrogen-bond donors (Lipinski definition) is 2. The molecular weight excluding hydrogens is 276 g/mol. The van der Waals surface area contributed by atoms with E-state index in [1.807, 2.05) is 20.1 Å². The number of amides is 1. The van der Waals surface area contributed by atoms with Crippen LogP contribution >= 0.6 is 11.8 Å². The Bertz CT molecular complexity index is 575. The van der Waals surface area contributed by atoms with E-state index < -0.39 is 0 Å². The smallest absolute Gasteiger partial charge is 0.227 e. The summed E-state index contributed by atoms with van der Waals surface area (Å²) in [6, 6.07) is 0. The number of nitrogens with one attached hydrogen (secondary N) is 2. The van der Waals surface area contributed by atoms with Gasteiger partial charge in [0.2, 0.25) is 11.9 Å². The van der Waals surface area contributed by atoms with Crippen LogP contribution in [0.5, 0.6) is 0 Å². The molecule has 0 aliphatic heterocycles. The summed E-state index contributed by atoms with van der Waals surface area (Å²) in [6.07, 6.45) is 4.24. The highest BCUT2D eigenvalue weighted by Crippen LogP contribution is 2.17. The number of aryl methyl sites for hydroxylation is 2. The SMILES string of the molecule is CSc1nc(C)c(CCC(=O)Nc2ncn[nH]2)c(C)n1. The molecule has 2 heterocycles. The van der Waals surface area contributed by atoms with Gasteiger partial charge >= 0.3 is 0 Å². The second-order valence-electron chi connectivity index (χ2n) is 4.24. The minimum Gasteiger partial charge on any atom is -0.295 e. The van der Waals surface area contributed by atoms with Crippen molar-refractivity contribution in [1.29, 1.82) is 0 Å². The molecule has 0 saturated carbocycles. The first-order valence-electron chi connectivity index (χ1n) is 6.13. The lowest BCUT2D eigenvalue weighted by molar-refractivity contribution is -0.116. The van der Waals surface area contributed by atoms with Crippen LogP contribution in [0.15, 0.2) is 11.5 Å². The molecule has 8 heteroatoms. The summed E-state index contributed by atoms with van der Waals surface area (Å²) in [6.45, 7) is 3.89. The fourth-order valence-corrected chi connectivity index (χ4v) is 2.32.